The maximum atomic E-state index is 13.4. The SMILES string of the molecule is COc1ccccc1C1=N/C(=C/c2ccc(C(=O)O)cc2)C(=O)N1c1cccc(C)c1. The van der Waals surface area contributed by atoms with Crippen LogP contribution >= 0.6 is 0 Å². The second-order valence-electron chi connectivity index (χ2n) is 7.07. The molecule has 0 radical (unpaired) electrons. The number of rotatable bonds is 5. The topological polar surface area (TPSA) is 79.2 Å². The summed E-state index contributed by atoms with van der Waals surface area (Å²) in [5, 5.41) is 9.09. The Morgan fingerprint density at radius 3 is 2.45 bits per heavy atom. The van der Waals surface area contributed by atoms with Crippen molar-refractivity contribution in [3.05, 3.63) is 101 Å². The van der Waals surface area contributed by atoms with Gasteiger partial charge in [0.15, 0.2) is 5.84 Å². The monoisotopic (exact) mass is 412 g/mol. The van der Waals surface area contributed by atoms with Crippen LogP contribution in [0.25, 0.3) is 6.08 Å². The van der Waals surface area contributed by atoms with Crippen LogP contribution in [0.2, 0.25) is 0 Å². The molecule has 0 aromatic heterocycles. The Morgan fingerprint density at radius 1 is 1.03 bits per heavy atom. The molecular formula is C25H20N2O4. The summed E-state index contributed by atoms with van der Waals surface area (Å²) in [5.41, 5.74) is 3.54. The lowest BCUT2D eigenvalue weighted by Gasteiger charge is -2.20. The molecule has 0 unspecified atom stereocenters. The van der Waals surface area contributed by atoms with E-state index in [1.807, 2.05) is 55.5 Å². The molecule has 1 aliphatic rings. The number of benzene rings is 3. The van der Waals surface area contributed by atoms with Gasteiger partial charge >= 0.3 is 5.97 Å². The van der Waals surface area contributed by atoms with E-state index in [4.69, 9.17) is 9.84 Å². The van der Waals surface area contributed by atoms with Gasteiger partial charge in [0.25, 0.3) is 5.91 Å². The van der Waals surface area contributed by atoms with Crippen molar-refractivity contribution in [1.29, 1.82) is 0 Å². The van der Waals surface area contributed by atoms with E-state index in [1.54, 1.807) is 30.2 Å². The molecule has 0 bridgehead atoms. The third-order valence-corrected chi connectivity index (χ3v) is 4.93. The van der Waals surface area contributed by atoms with Crippen molar-refractivity contribution in [2.75, 3.05) is 12.0 Å². The van der Waals surface area contributed by atoms with Crippen LogP contribution in [0.4, 0.5) is 5.69 Å². The van der Waals surface area contributed by atoms with Crippen molar-refractivity contribution < 1.29 is 19.4 Å². The molecule has 1 aliphatic heterocycles. The smallest absolute Gasteiger partial charge is 0.335 e. The van der Waals surface area contributed by atoms with Crippen LogP contribution in [-0.2, 0) is 4.79 Å². The highest BCUT2D eigenvalue weighted by molar-refractivity contribution is 6.33. The van der Waals surface area contributed by atoms with Crippen molar-refractivity contribution in [3.8, 4) is 5.75 Å². The van der Waals surface area contributed by atoms with Gasteiger partial charge in [-0.15, -0.1) is 0 Å². The Bertz CT molecular complexity index is 1230. The second-order valence-corrected chi connectivity index (χ2v) is 7.07. The minimum atomic E-state index is -1.00. The second kappa shape index (κ2) is 8.28. The summed E-state index contributed by atoms with van der Waals surface area (Å²) in [7, 11) is 1.58. The number of aryl methyl sites for hydroxylation is 1. The first-order valence-electron chi connectivity index (χ1n) is 9.66. The molecule has 6 nitrogen and oxygen atoms in total. The molecule has 1 amide bonds. The van der Waals surface area contributed by atoms with E-state index in [0.717, 1.165) is 5.56 Å². The number of carbonyl (C=O) groups excluding carboxylic acids is 1. The lowest BCUT2D eigenvalue weighted by molar-refractivity contribution is -0.113. The maximum absolute atomic E-state index is 13.4. The number of amidine groups is 1. The van der Waals surface area contributed by atoms with Gasteiger partial charge in [-0.25, -0.2) is 9.79 Å². The number of hydrogen-bond acceptors (Lipinski definition) is 4. The number of anilines is 1. The minimum Gasteiger partial charge on any atom is -0.496 e. The summed E-state index contributed by atoms with van der Waals surface area (Å²) in [6, 6.07) is 21.3. The average molecular weight is 412 g/mol. The normalized spacial score (nSPS) is 14.6. The van der Waals surface area contributed by atoms with E-state index >= 15 is 0 Å². The molecule has 6 heteroatoms. The Balaban J connectivity index is 1.83. The third-order valence-electron chi connectivity index (χ3n) is 4.93. The number of methoxy groups -OCH3 is 1. The number of amides is 1. The summed E-state index contributed by atoms with van der Waals surface area (Å²) < 4.78 is 5.50. The van der Waals surface area contributed by atoms with E-state index in [9.17, 15) is 9.59 Å². The van der Waals surface area contributed by atoms with Crippen molar-refractivity contribution >= 4 is 29.5 Å². The van der Waals surface area contributed by atoms with Gasteiger partial charge in [-0.3, -0.25) is 9.69 Å². The molecule has 31 heavy (non-hydrogen) atoms. The highest BCUT2D eigenvalue weighted by Gasteiger charge is 2.33. The molecule has 0 spiro atoms. The predicted octanol–water partition coefficient (Wildman–Crippen LogP) is 4.54. The first-order chi connectivity index (χ1) is 15.0. The van der Waals surface area contributed by atoms with Crippen molar-refractivity contribution in [2.45, 2.75) is 6.92 Å². The molecule has 0 fully saturated rings. The fourth-order valence-electron chi connectivity index (χ4n) is 3.41. The van der Waals surface area contributed by atoms with Crippen molar-refractivity contribution in [2.24, 2.45) is 4.99 Å². The molecule has 0 aliphatic carbocycles. The number of hydrogen-bond donors (Lipinski definition) is 1. The first-order valence-corrected chi connectivity index (χ1v) is 9.66. The number of carboxylic acid groups (broad SMARTS) is 1. The number of aromatic carboxylic acids is 1. The van der Waals surface area contributed by atoms with Crippen LogP contribution in [0.1, 0.15) is 27.0 Å². The van der Waals surface area contributed by atoms with Gasteiger partial charge in [-0.2, -0.15) is 0 Å². The molecule has 3 aromatic carbocycles. The van der Waals surface area contributed by atoms with Crippen LogP contribution in [0.3, 0.4) is 0 Å². The molecule has 0 atom stereocenters. The highest BCUT2D eigenvalue weighted by atomic mass is 16.5. The molecular weight excluding hydrogens is 392 g/mol. The van der Waals surface area contributed by atoms with E-state index in [2.05, 4.69) is 4.99 Å². The summed E-state index contributed by atoms with van der Waals surface area (Å²) in [6.07, 6.45) is 1.65. The lowest BCUT2D eigenvalue weighted by Crippen LogP contribution is -2.32. The zero-order chi connectivity index (χ0) is 22.0. The van der Waals surface area contributed by atoms with Crippen LogP contribution in [0.5, 0.6) is 5.75 Å². The summed E-state index contributed by atoms with van der Waals surface area (Å²) >= 11 is 0. The zero-order valence-corrected chi connectivity index (χ0v) is 17.1. The van der Waals surface area contributed by atoms with Gasteiger partial charge in [0.1, 0.15) is 11.4 Å². The van der Waals surface area contributed by atoms with Gasteiger partial charge in [-0.05, 0) is 60.5 Å². The Kier molecular flexibility index (Phi) is 5.37. The quantitative estimate of drug-likeness (QED) is 0.624. The third kappa shape index (κ3) is 3.96. The molecule has 1 N–H and O–H groups in total. The first kappa shape index (κ1) is 20.1. The molecule has 4 rings (SSSR count). The molecule has 154 valence electrons. The number of ether oxygens (including phenoxy) is 1. The van der Waals surface area contributed by atoms with Crippen LogP contribution in [0.15, 0.2) is 83.5 Å². The summed E-state index contributed by atoms with van der Waals surface area (Å²) in [4.78, 5) is 30.7. The van der Waals surface area contributed by atoms with Crippen molar-refractivity contribution in [3.63, 3.8) is 0 Å². The fraction of sp³-hybridized carbons (Fsp3) is 0.0800. The van der Waals surface area contributed by atoms with E-state index < -0.39 is 5.97 Å². The van der Waals surface area contributed by atoms with Crippen LogP contribution in [0, 0.1) is 6.92 Å². The zero-order valence-electron chi connectivity index (χ0n) is 17.1. The van der Waals surface area contributed by atoms with Gasteiger partial charge in [-0.1, -0.05) is 36.4 Å². The highest BCUT2D eigenvalue weighted by Crippen LogP contribution is 2.31. The molecule has 0 saturated heterocycles. The Labute approximate surface area is 179 Å². The number of carboxylic acids is 1. The van der Waals surface area contributed by atoms with Crippen molar-refractivity contribution in [1.82, 2.24) is 0 Å². The predicted molar refractivity (Wildman–Crippen MR) is 120 cm³/mol. The Hall–Kier alpha value is -4.19. The van der Waals surface area contributed by atoms with E-state index in [1.165, 1.54) is 12.1 Å². The van der Waals surface area contributed by atoms with Crippen LogP contribution in [-0.4, -0.2) is 29.9 Å². The lowest BCUT2D eigenvalue weighted by atomic mass is 10.1. The molecule has 3 aromatic rings. The number of carbonyl (C=O) groups is 2. The maximum Gasteiger partial charge on any atom is 0.335 e. The van der Waals surface area contributed by atoms with Gasteiger partial charge < -0.3 is 9.84 Å². The molecule has 0 saturated carbocycles. The minimum absolute atomic E-state index is 0.180. The van der Waals surface area contributed by atoms with Gasteiger partial charge in [0.05, 0.1) is 23.9 Å². The van der Waals surface area contributed by atoms with Gasteiger partial charge in [0.2, 0.25) is 0 Å². The standard InChI is InChI=1S/C25H20N2O4/c1-16-6-5-7-19(14-16)27-23(20-8-3-4-9-22(20)31-2)26-21(24(27)28)15-17-10-12-18(13-11-17)25(29)30/h3-15H,1-2H3,(H,29,30)/b21-15+. The van der Waals surface area contributed by atoms with E-state index in [-0.39, 0.29) is 17.2 Å². The number of para-hydroxylation sites is 1. The Morgan fingerprint density at radius 2 is 1.77 bits per heavy atom. The summed E-state index contributed by atoms with van der Waals surface area (Å²) in [5.74, 6) is -0.188. The van der Waals surface area contributed by atoms with Gasteiger partial charge in [0, 0.05) is 0 Å². The van der Waals surface area contributed by atoms with Crippen LogP contribution < -0.4 is 9.64 Å². The summed E-state index contributed by atoms with van der Waals surface area (Å²) in [6.45, 7) is 1.96. The molecule has 1 heterocycles. The average Bonchev–Trinajstić information content (AvgIpc) is 3.09. The van der Waals surface area contributed by atoms with E-state index in [0.29, 0.717) is 28.4 Å². The number of aliphatic imine (C=N–C) groups is 1. The number of nitrogens with zero attached hydrogens (tertiary/aromatic N) is 2. The fourth-order valence-corrected chi connectivity index (χ4v) is 3.41. The largest absolute Gasteiger partial charge is 0.496 e.